The summed E-state index contributed by atoms with van der Waals surface area (Å²) >= 11 is 6.01. The molecule has 0 saturated carbocycles. The molecular weight excluding hydrogens is 394 g/mol. The maximum atomic E-state index is 12.7. The zero-order valence-electron chi connectivity index (χ0n) is 16.2. The van der Waals surface area contributed by atoms with Crippen molar-refractivity contribution in [2.75, 3.05) is 19.0 Å². The number of hydrogen-bond donors (Lipinski definition) is 2. The molecule has 2 amide bonds. The van der Waals surface area contributed by atoms with Crippen molar-refractivity contribution < 1.29 is 19.1 Å². The van der Waals surface area contributed by atoms with Gasteiger partial charge in [0.1, 0.15) is 5.75 Å². The van der Waals surface area contributed by atoms with Crippen molar-refractivity contribution in [3.05, 3.63) is 58.6 Å². The van der Waals surface area contributed by atoms with Crippen LogP contribution in [0.2, 0.25) is 5.02 Å². The number of carbonyl (C=O) groups excluding carboxylic acids is 2. The topological polar surface area (TPSA) is 89.0 Å². The zero-order valence-corrected chi connectivity index (χ0v) is 17.0. The first-order chi connectivity index (χ1) is 14.0. The first kappa shape index (κ1) is 20.7. The van der Waals surface area contributed by atoms with E-state index < -0.39 is 18.2 Å². The van der Waals surface area contributed by atoms with Crippen LogP contribution in [0.25, 0.3) is 0 Å². The molecule has 29 heavy (non-hydrogen) atoms. The van der Waals surface area contributed by atoms with Crippen LogP contribution in [0.5, 0.6) is 5.75 Å². The molecule has 152 valence electrons. The van der Waals surface area contributed by atoms with Crippen molar-refractivity contribution >= 4 is 35.0 Å². The van der Waals surface area contributed by atoms with Crippen LogP contribution in [0.15, 0.2) is 47.5 Å². The predicted octanol–water partition coefficient (Wildman–Crippen LogP) is 3.99. The largest absolute Gasteiger partial charge is 0.497 e. The van der Waals surface area contributed by atoms with Crippen molar-refractivity contribution in [1.29, 1.82) is 0 Å². The van der Waals surface area contributed by atoms with Crippen molar-refractivity contribution in [3.8, 4) is 5.75 Å². The molecule has 0 bridgehead atoms. The Labute approximate surface area is 174 Å². The van der Waals surface area contributed by atoms with Crippen molar-refractivity contribution in [3.63, 3.8) is 0 Å². The maximum absolute atomic E-state index is 12.7. The fourth-order valence-electron chi connectivity index (χ4n) is 2.81. The van der Waals surface area contributed by atoms with Crippen LogP contribution in [0.3, 0.4) is 0 Å². The first-order valence-corrected chi connectivity index (χ1v) is 9.66. The Bertz CT molecular complexity index is 928. The van der Waals surface area contributed by atoms with Crippen LogP contribution >= 0.6 is 11.6 Å². The second-order valence-corrected chi connectivity index (χ2v) is 6.86. The summed E-state index contributed by atoms with van der Waals surface area (Å²) in [5, 5.41) is 5.91. The van der Waals surface area contributed by atoms with Crippen molar-refractivity contribution in [2.24, 2.45) is 4.99 Å². The van der Waals surface area contributed by atoms with E-state index in [1.165, 1.54) is 0 Å². The molecule has 0 radical (unpaired) electrons. The van der Waals surface area contributed by atoms with Crippen LogP contribution in [0.4, 0.5) is 10.5 Å². The lowest BCUT2D eigenvalue weighted by molar-refractivity contribution is -0.117. The lowest BCUT2D eigenvalue weighted by Gasteiger charge is -2.13. The summed E-state index contributed by atoms with van der Waals surface area (Å²) in [6.07, 6.45) is -0.197. The third kappa shape index (κ3) is 5.06. The molecule has 0 fully saturated rings. The smallest absolute Gasteiger partial charge is 0.409 e. The summed E-state index contributed by atoms with van der Waals surface area (Å²) in [4.78, 5) is 29.3. The molecule has 1 atom stereocenters. The molecule has 3 rings (SSSR count). The van der Waals surface area contributed by atoms with E-state index in [1.807, 2.05) is 6.92 Å². The molecular formula is C21H22ClN3O4. The maximum Gasteiger partial charge on any atom is 0.409 e. The molecule has 2 N–H and O–H groups in total. The third-order valence-corrected chi connectivity index (χ3v) is 4.60. The summed E-state index contributed by atoms with van der Waals surface area (Å²) in [7, 11) is 1.56. The number of benzodiazepines with no additional fused rings is 1. The minimum Gasteiger partial charge on any atom is -0.497 e. The number of nitrogens with zero attached hydrogens (tertiary/aromatic N) is 1. The van der Waals surface area contributed by atoms with Gasteiger partial charge in [-0.05, 0) is 36.8 Å². The van der Waals surface area contributed by atoms with Crippen LogP contribution in [-0.4, -0.2) is 37.6 Å². The molecule has 0 aliphatic carbocycles. The second kappa shape index (κ2) is 9.43. The molecule has 0 spiro atoms. The summed E-state index contributed by atoms with van der Waals surface area (Å²) in [6.45, 7) is 2.27. The number of ether oxygens (including phenoxy) is 2. The summed E-state index contributed by atoms with van der Waals surface area (Å²) < 4.78 is 10.4. The Morgan fingerprint density at radius 3 is 2.69 bits per heavy atom. The molecule has 1 unspecified atom stereocenters. The highest BCUT2D eigenvalue weighted by Gasteiger charge is 2.28. The number of aliphatic imine (C=N–C) groups is 1. The number of anilines is 1. The molecule has 8 heteroatoms. The highest BCUT2D eigenvalue weighted by atomic mass is 35.5. The molecule has 2 aromatic carbocycles. The lowest BCUT2D eigenvalue weighted by atomic mass is 10.0. The summed E-state index contributed by atoms with van der Waals surface area (Å²) in [6, 6.07) is 12.3. The minimum absolute atomic E-state index is 0.280. The number of amides is 2. The molecule has 0 saturated heterocycles. The number of carbonyl (C=O) groups is 2. The minimum atomic E-state index is -1.15. The Morgan fingerprint density at radius 1 is 1.24 bits per heavy atom. The second-order valence-electron chi connectivity index (χ2n) is 6.42. The normalized spacial score (nSPS) is 15.5. The number of halogens is 1. The summed E-state index contributed by atoms with van der Waals surface area (Å²) in [5.41, 5.74) is 2.50. The highest BCUT2D eigenvalue weighted by molar-refractivity contribution is 6.30. The van der Waals surface area contributed by atoms with E-state index >= 15 is 0 Å². The van der Waals surface area contributed by atoms with Gasteiger partial charge < -0.3 is 14.8 Å². The van der Waals surface area contributed by atoms with Gasteiger partial charge in [0.2, 0.25) is 6.17 Å². The Balaban J connectivity index is 1.99. The fourth-order valence-corrected chi connectivity index (χ4v) is 2.94. The van der Waals surface area contributed by atoms with Gasteiger partial charge in [-0.1, -0.05) is 37.1 Å². The van der Waals surface area contributed by atoms with Gasteiger partial charge in [-0.15, -0.1) is 0 Å². The van der Waals surface area contributed by atoms with Gasteiger partial charge in [0.15, 0.2) is 0 Å². The Morgan fingerprint density at radius 2 is 2.00 bits per heavy atom. The van der Waals surface area contributed by atoms with Crippen LogP contribution in [0.1, 0.15) is 30.9 Å². The predicted molar refractivity (Wildman–Crippen MR) is 112 cm³/mol. The van der Waals surface area contributed by atoms with Gasteiger partial charge in [0, 0.05) is 16.1 Å². The average Bonchev–Trinajstić information content (AvgIpc) is 2.85. The Kier molecular flexibility index (Phi) is 6.72. The standard InChI is InChI=1S/C21H22ClN3O4/c1-3-4-11-29-21(27)25-19-20(26)23-17-10-9-15(28-2)12-16(17)18(24-19)13-5-7-14(22)8-6-13/h5-10,12,19H,3-4,11H2,1-2H3,(H,23,26)(H,25,27). The van der Waals surface area contributed by atoms with E-state index in [0.29, 0.717) is 27.7 Å². The molecule has 1 aliphatic rings. The van der Waals surface area contributed by atoms with Crippen LogP contribution in [-0.2, 0) is 9.53 Å². The number of alkyl carbamates (subject to hydrolysis) is 1. The number of rotatable bonds is 6. The average molecular weight is 416 g/mol. The zero-order chi connectivity index (χ0) is 20.8. The van der Waals surface area contributed by atoms with Crippen LogP contribution in [0, 0.1) is 0 Å². The van der Waals surface area contributed by atoms with Crippen molar-refractivity contribution in [2.45, 2.75) is 25.9 Å². The lowest BCUT2D eigenvalue weighted by Crippen LogP contribution is -2.42. The molecule has 2 aromatic rings. The fraction of sp³-hybridized carbons (Fsp3) is 0.286. The SMILES string of the molecule is CCCCOC(=O)NC1N=C(c2ccc(Cl)cc2)c2cc(OC)ccc2NC1=O. The monoisotopic (exact) mass is 415 g/mol. The molecule has 1 aliphatic heterocycles. The van der Waals surface area contributed by atoms with E-state index in [4.69, 9.17) is 21.1 Å². The highest BCUT2D eigenvalue weighted by Crippen LogP contribution is 2.28. The number of nitrogens with one attached hydrogen (secondary N) is 2. The quantitative estimate of drug-likeness (QED) is 0.698. The van der Waals surface area contributed by atoms with Gasteiger partial charge in [0.05, 0.1) is 25.1 Å². The van der Waals surface area contributed by atoms with E-state index in [9.17, 15) is 9.59 Å². The van der Waals surface area contributed by atoms with E-state index in [2.05, 4.69) is 15.6 Å². The van der Waals surface area contributed by atoms with Crippen molar-refractivity contribution in [1.82, 2.24) is 5.32 Å². The molecule has 7 nitrogen and oxygen atoms in total. The number of unbranched alkanes of at least 4 members (excludes halogenated alkanes) is 1. The first-order valence-electron chi connectivity index (χ1n) is 9.28. The van der Waals surface area contributed by atoms with Gasteiger partial charge in [-0.25, -0.2) is 9.79 Å². The van der Waals surface area contributed by atoms with Crippen LogP contribution < -0.4 is 15.4 Å². The van der Waals surface area contributed by atoms with E-state index in [1.54, 1.807) is 49.6 Å². The van der Waals surface area contributed by atoms with Gasteiger partial charge in [-0.2, -0.15) is 0 Å². The van der Waals surface area contributed by atoms with Gasteiger partial charge >= 0.3 is 6.09 Å². The van der Waals surface area contributed by atoms with E-state index in [0.717, 1.165) is 18.4 Å². The van der Waals surface area contributed by atoms with Gasteiger partial charge in [-0.3, -0.25) is 10.1 Å². The van der Waals surface area contributed by atoms with Gasteiger partial charge in [0.25, 0.3) is 5.91 Å². The number of methoxy groups -OCH3 is 1. The van der Waals surface area contributed by atoms with E-state index in [-0.39, 0.29) is 6.61 Å². The summed E-state index contributed by atoms with van der Waals surface area (Å²) in [5.74, 6) is 0.151. The number of hydrogen-bond acceptors (Lipinski definition) is 5. The Hall–Kier alpha value is -3.06. The third-order valence-electron chi connectivity index (χ3n) is 4.35. The molecule has 1 heterocycles. The number of fused-ring (bicyclic) bond motifs is 1. The number of benzene rings is 2. The molecule has 0 aromatic heterocycles.